The number of amides is 2. The van der Waals surface area contributed by atoms with Crippen molar-refractivity contribution in [3.8, 4) is 0 Å². The average molecular weight is 200 g/mol. The van der Waals surface area contributed by atoms with E-state index in [1.807, 2.05) is 0 Å². The van der Waals surface area contributed by atoms with Crippen LogP contribution in [-0.2, 0) is 4.79 Å². The first-order valence-corrected chi connectivity index (χ1v) is 4.76. The van der Waals surface area contributed by atoms with Crippen LogP contribution in [0.2, 0.25) is 0 Å². The van der Waals surface area contributed by atoms with Gasteiger partial charge in [-0.2, -0.15) is 0 Å². The molecule has 0 bridgehead atoms. The van der Waals surface area contributed by atoms with Crippen LogP contribution < -0.4 is 5.32 Å². The van der Waals surface area contributed by atoms with Crippen molar-refractivity contribution in [2.75, 3.05) is 13.6 Å². The summed E-state index contributed by atoms with van der Waals surface area (Å²) >= 11 is 0. The third kappa shape index (κ3) is 2.90. The van der Waals surface area contributed by atoms with Gasteiger partial charge in [0, 0.05) is 13.6 Å². The van der Waals surface area contributed by atoms with Gasteiger partial charge in [-0.15, -0.1) is 0 Å². The minimum absolute atomic E-state index is 0.313. The van der Waals surface area contributed by atoms with Gasteiger partial charge in [0.2, 0.25) is 0 Å². The molecule has 0 spiro atoms. The lowest BCUT2D eigenvalue weighted by atomic mass is 10.3. The number of urea groups is 1. The van der Waals surface area contributed by atoms with Crippen LogP contribution >= 0.6 is 0 Å². The molecule has 1 atom stereocenters. The zero-order valence-corrected chi connectivity index (χ0v) is 8.49. The van der Waals surface area contributed by atoms with Gasteiger partial charge < -0.3 is 15.3 Å². The Hall–Kier alpha value is -1.26. The molecule has 0 heterocycles. The number of carbonyl (C=O) groups excluding carboxylic acids is 1. The predicted molar refractivity (Wildman–Crippen MR) is 51.0 cm³/mol. The van der Waals surface area contributed by atoms with Gasteiger partial charge in [0.1, 0.15) is 6.04 Å². The highest BCUT2D eigenvalue weighted by atomic mass is 16.4. The molecule has 80 valence electrons. The molecule has 2 amide bonds. The minimum Gasteiger partial charge on any atom is -0.480 e. The highest BCUT2D eigenvalue weighted by Crippen LogP contribution is 2.27. The van der Waals surface area contributed by atoms with Crippen LogP contribution in [0.4, 0.5) is 4.79 Å². The van der Waals surface area contributed by atoms with Gasteiger partial charge in [-0.25, -0.2) is 9.59 Å². The van der Waals surface area contributed by atoms with Gasteiger partial charge >= 0.3 is 12.0 Å². The molecule has 0 radical (unpaired) electrons. The lowest BCUT2D eigenvalue weighted by Gasteiger charge is -2.21. The number of carbonyl (C=O) groups is 2. The summed E-state index contributed by atoms with van der Waals surface area (Å²) in [7, 11) is 1.49. The molecule has 1 aliphatic carbocycles. The minimum atomic E-state index is -0.992. The molecule has 5 heteroatoms. The Morgan fingerprint density at radius 1 is 1.57 bits per heavy atom. The Morgan fingerprint density at radius 2 is 2.14 bits per heavy atom. The van der Waals surface area contributed by atoms with Crippen molar-refractivity contribution in [1.82, 2.24) is 10.2 Å². The van der Waals surface area contributed by atoms with Crippen LogP contribution in [0, 0.1) is 5.92 Å². The monoisotopic (exact) mass is 200 g/mol. The van der Waals surface area contributed by atoms with E-state index >= 15 is 0 Å². The Balaban J connectivity index is 2.30. The van der Waals surface area contributed by atoms with Crippen molar-refractivity contribution in [2.45, 2.75) is 25.8 Å². The lowest BCUT2D eigenvalue weighted by molar-refractivity contribution is -0.141. The van der Waals surface area contributed by atoms with Crippen molar-refractivity contribution in [3.05, 3.63) is 0 Å². The van der Waals surface area contributed by atoms with E-state index in [-0.39, 0.29) is 6.03 Å². The van der Waals surface area contributed by atoms with Crippen LogP contribution in [0.5, 0.6) is 0 Å². The van der Waals surface area contributed by atoms with Crippen LogP contribution in [0.3, 0.4) is 0 Å². The maximum atomic E-state index is 11.4. The van der Waals surface area contributed by atoms with Gasteiger partial charge in [-0.3, -0.25) is 0 Å². The fraction of sp³-hybridized carbons (Fsp3) is 0.778. The summed E-state index contributed by atoms with van der Waals surface area (Å²) in [5.74, 6) is -0.387. The maximum absolute atomic E-state index is 11.4. The van der Waals surface area contributed by atoms with Crippen molar-refractivity contribution in [3.63, 3.8) is 0 Å². The van der Waals surface area contributed by atoms with Crippen LogP contribution in [0.15, 0.2) is 0 Å². The number of likely N-dealkylation sites (N-methyl/N-ethyl adjacent to an activating group) is 1. The number of aliphatic carboxylic acids is 1. The second kappa shape index (κ2) is 4.30. The third-order valence-electron chi connectivity index (χ3n) is 2.50. The summed E-state index contributed by atoms with van der Waals surface area (Å²) in [4.78, 5) is 23.1. The fourth-order valence-corrected chi connectivity index (χ4v) is 1.02. The van der Waals surface area contributed by atoms with Gasteiger partial charge in [0.05, 0.1) is 0 Å². The van der Waals surface area contributed by atoms with E-state index in [0.29, 0.717) is 12.5 Å². The van der Waals surface area contributed by atoms with Crippen LogP contribution in [0.25, 0.3) is 0 Å². The Bertz CT molecular complexity index is 238. The highest BCUT2D eigenvalue weighted by molar-refractivity contribution is 5.82. The molecule has 1 unspecified atom stereocenters. The number of carboxylic acids is 1. The summed E-state index contributed by atoms with van der Waals surface area (Å²) in [5, 5.41) is 11.4. The molecule has 1 aliphatic rings. The average Bonchev–Trinajstić information content (AvgIpc) is 2.95. The predicted octanol–water partition coefficient (Wildman–Crippen LogP) is 0.511. The zero-order chi connectivity index (χ0) is 10.7. The summed E-state index contributed by atoms with van der Waals surface area (Å²) in [5.41, 5.74) is 0. The number of rotatable bonds is 4. The standard InChI is InChI=1S/C9H16N2O3/c1-6(8(12)13)11(2)9(14)10-5-7-3-4-7/h6-7H,3-5H2,1-2H3,(H,10,14)(H,12,13). The van der Waals surface area contributed by atoms with E-state index in [1.54, 1.807) is 0 Å². The Morgan fingerprint density at radius 3 is 2.57 bits per heavy atom. The first-order valence-electron chi connectivity index (χ1n) is 4.76. The lowest BCUT2D eigenvalue weighted by Crippen LogP contribution is -2.46. The van der Waals surface area contributed by atoms with E-state index in [0.717, 1.165) is 0 Å². The van der Waals surface area contributed by atoms with Crippen molar-refractivity contribution >= 4 is 12.0 Å². The van der Waals surface area contributed by atoms with Gasteiger partial charge in [0.25, 0.3) is 0 Å². The smallest absolute Gasteiger partial charge is 0.326 e. The quantitative estimate of drug-likeness (QED) is 0.694. The molecule has 0 aliphatic heterocycles. The number of carboxylic acid groups (broad SMARTS) is 1. The molecule has 1 rings (SSSR count). The summed E-state index contributed by atoms with van der Waals surface area (Å²) < 4.78 is 0. The van der Waals surface area contributed by atoms with E-state index in [1.165, 1.54) is 31.7 Å². The summed E-state index contributed by atoms with van der Waals surface area (Å²) in [6, 6.07) is -1.10. The normalized spacial score (nSPS) is 17.3. The van der Waals surface area contributed by atoms with Crippen LogP contribution in [-0.4, -0.2) is 41.6 Å². The first-order chi connectivity index (χ1) is 6.52. The maximum Gasteiger partial charge on any atom is 0.326 e. The molecule has 0 aromatic rings. The SMILES string of the molecule is CC(C(=O)O)N(C)C(=O)NCC1CC1. The van der Waals surface area contributed by atoms with Crippen molar-refractivity contribution in [1.29, 1.82) is 0 Å². The molecule has 0 saturated heterocycles. The second-order valence-electron chi connectivity index (χ2n) is 3.75. The third-order valence-corrected chi connectivity index (χ3v) is 2.50. The number of nitrogens with one attached hydrogen (secondary N) is 1. The van der Waals surface area contributed by atoms with E-state index in [4.69, 9.17) is 5.11 Å². The topological polar surface area (TPSA) is 69.6 Å². The molecule has 0 aromatic heterocycles. The molecular weight excluding hydrogens is 184 g/mol. The van der Waals surface area contributed by atoms with Gasteiger partial charge in [0.15, 0.2) is 0 Å². The first kappa shape index (κ1) is 10.8. The largest absolute Gasteiger partial charge is 0.480 e. The van der Waals surface area contributed by atoms with Crippen LogP contribution in [0.1, 0.15) is 19.8 Å². The summed E-state index contributed by atoms with van der Waals surface area (Å²) in [6.07, 6.45) is 2.33. The second-order valence-corrected chi connectivity index (χ2v) is 3.75. The number of nitrogens with zero attached hydrogens (tertiary/aromatic N) is 1. The molecule has 0 aromatic carbocycles. The zero-order valence-electron chi connectivity index (χ0n) is 8.49. The highest BCUT2D eigenvalue weighted by Gasteiger charge is 2.25. The molecular formula is C9H16N2O3. The fourth-order valence-electron chi connectivity index (χ4n) is 1.02. The van der Waals surface area contributed by atoms with Gasteiger partial charge in [-0.05, 0) is 25.7 Å². The van der Waals surface area contributed by atoms with Gasteiger partial charge in [-0.1, -0.05) is 0 Å². The number of hydrogen-bond acceptors (Lipinski definition) is 2. The number of hydrogen-bond donors (Lipinski definition) is 2. The summed E-state index contributed by atoms with van der Waals surface area (Å²) in [6.45, 7) is 2.15. The Labute approximate surface area is 83.1 Å². The molecule has 5 nitrogen and oxygen atoms in total. The van der Waals surface area contributed by atoms with Crippen molar-refractivity contribution < 1.29 is 14.7 Å². The van der Waals surface area contributed by atoms with E-state index in [9.17, 15) is 9.59 Å². The van der Waals surface area contributed by atoms with Crippen molar-refractivity contribution in [2.24, 2.45) is 5.92 Å². The molecule has 2 N–H and O–H groups in total. The van der Waals surface area contributed by atoms with E-state index < -0.39 is 12.0 Å². The molecule has 1 saturated carbocycles. The Kier molecular flexibility index (Phi) is 3.33. The molecule has 14 heavy (non-hydrogen) atoms. The molecule has 1 fully saturated rings. The van der Waals surface area contributed by atoms with E-state index in [2.05, 4.69) is 5.32 Å².